The molecule has 1 amide bonds. The number of aryl methyl sites for hydroxylation is 1. The van der Waals surface area contributed by atoms with Crippen molar-refractivity contribution in [3.05, 3.63) is 74.8 Å². The highest BCUT2D eigenvalue weighted by atomic mass is 35.5. The average Bonchev–Trinajstić information content (AvgIpc) is 2.65. The van der Waals surface area contributed by atoms with Gasteiger partial charge in [0.15, 0.2) is 6.61 Å². The number of hydrogen-bond acceptors (Lipinski definition) is 5. The number of nitrogens with one attached hydrogen (secondary N) is 1. The summed E-state index contributed by atoms with van der Waals surface area (Å²) >= 11 is 5.77. The van der Waals surface area contributed by atoms with Gasteiger partial charge < -0.3 is 10.1 Å². The Balaban J connectivity index is 1.83. The lowest BCUT2D eigenvalue weighted by molar-refractivity contribution is -0.385. The van der Waals surface area contributed by atoms with Crippen LogP contribution >= 0.6 is 11.6 Å². The number of benzene rings is 2. The first-order valence-electron chi connectivity index (χ1n) is 8.31. The third-order valence-corrected chi connectivity index (χ3v) is 4.06. The summed E-state index contributed by atoms with van der Waals surface area (Å²) in [6, 6.07) is 13.3. The molecule has 2 aromatic rings. The molecule has 0 saturated carbocycles. The van der Waals surface area contributed by atoms with Crippen LogP contribution in [-0.4, -0.2) is 29.4 Å². The number of nitro groups is 1. The summed E-state index contributed by atoms with van der Waals surface area (Å²) in [5, 5.41) is 13.9. The van der Waals surface area contributed by atoms with Crippen molar-refractivity contribution in [3.8, 4) is 0 Å². The van der Waals surface area contributed by atoms with E-state index in [4.69, 9.17) is 16.3 Å². The normalized spacial score (nSPS) is 11.5. The van der Waals surface area contributed by atoms with Crippen LogP contribution in [0.15, 0.2) is 48.5 Å². The molecule has 0 spiro atoms. The lowest BCUT2D eigenvalue weighted by atomic mass is 10.1. The molecule has 2 rings (SSSR count). The fourth-order valence-electron chi connectivity index (χ4n) is 2.46. The number of amides is 1. The zero-order chi connectivity index (χ0) is 19.8. The number of rotatable bonds is 8. The average molecular weight is 391 g/mol. The minimum Gasteiger partial charge on any atom is -0.452 e. The number of nitrogens with zero attached hydrogens (tertiary/aromatic N) is 1. The molecule has 2 aromatic carbocycles. The van der Waals surface area contributed by atoms with Crippen molar-refractivity contribution in [3.63, 3.8) is 0 Å². The lowest BCUT2D eigenvalue weighted by Gasteiger charge is -2.14. The van der Waals surface area contributed by atoms with Gasteiger partial charge in [-0.1, -0.05) is 41.9 Å². The minimum atomic E-state index is -0.976. The number of hydrogen-bond donors (Lipinski definition) is 1. The van der Waals surface area contributed by atoms with Crippen LogP contribution in [0.3, 0.4) is 0 Å². The molecule has 0 fully saturated rings. The van der Waals surface area contributed by atoms with Gasteiger partial charge in [-0.3, -0.25) is 14.9 Å². The van der Waals surface area contributed by atoms with E-state index in [0.29, 0.717) is 0 Å². The van der Waals surface area contributed by atoms with E-state index >= 15 is 0 Å². The quantitative estimate of drug-likeness (QED) is 0.422. The summed E-state index contributed by atoms with van der Waals surface area (Å²) in [6.45, 7) is 1.32. The Morgan fingerprint density at radius 3 is 2.59 bits per heavy atom. The van der Waals surface area contributed by atoms with Crippen LogP contribution in [0.1, 0.15) is 29.3 Å². The van der Waals surface area contributed by atoms with E-state index in [1.807, 2.05) is 37.3 Å². The van der Waals surface area contributed by atoms with Gasteiger partial charge in [-0.25, -0.2) is 4.79 Å². The van der Waals surface area contributed by atoms with Crippen molar-refractivity contribution in [2.24, 2.45) is 0 Å². The zero-order valence-electron chi connectivity index (χ0n) is 14.7. The highest BCUT2D eigenvalue weighted by Gasteiger charge is 2.22. The molecule has 0 radical (unpaired) electrons. The molecular weight excluding hydrogens is 372 g/mol. The number of ether oxygens (including phenoxy) is 1. The fourth-order valence-corrected chi connectivity index (χ4v) is 2.63. The van der Waals surface area contributed by atoms with E-state index in [2.05, 4.69) is 5.32 Å². The summed E-state index contributed by atoms with van der Waals surface area (Å²) in [4.78, 5) is 34.3. The third-order valence-electron chi connectivity index (χ3n) is 3.83. The topological polar surface area (TPSA) is 98.5 Å². The van der Waals surface area contributed by atoms with Gasteiger partial charge in [0.05, 0.1) is 4.92 Å². The van der Waals surface area contributed by atoms with Crippen molar-refractivity contribution in [2.45, 2.75) is 25.8 Å². The maximum absolute atomic E-state index is 12.1. The van der Waals surface area contributed by atoms with Crippen LogP contribution in [0.2, 0.25) is 5.02 Å². The smallest absolute Gasteiger partial charge is 0.345 e. The van der Waals surface area contributed by atoms with Crippen molar-refractivity contribution >= 4 is 29.2 Å². The van der Waals surface area contributed by atoms with Gasteiger partial charge in [0.25, 0.3) is 11.6 Å². The van der Waals surface area contributed by atoms with Gasteiger partial charge in [-0.2, -0.15) is 0 Å². The summed E-state index contributed by atoms with van der Waals surface area (Å²) in [5.74, 6) is -1.45. The van der Waals surface area contributed by atoms with Crippen LogP contribution in [0.4, 0.5) is 5.69 Å². The molecule has 27 heavy (non-hydrogen) atoms. The molecule has 0 unspecified atom stereocenters. The van der Waals surface area contributed by atoms with Gasteiger partial charge in [0, 0.05) is 17.1 Å². The first-order valence-corrected chi connectivity index (χ1v) is 8.69. The molecule has 0 saturated heterocycles. The van der Waals surface area contributed by atoms with E-state index in [1.165, 1.54) is 11.6 Å². The number of esters is 1. The van der Waals surface area contributed by atoms with Crippen LogP contribution in [0, 0.1) is 10.1 Å². The minimum absolute atomic E-state index is 0.114. The highest BCUT2D eigenvalue weighted by Crippen LogP contribution is 2.23. The van der Waals surface area contributed by atoms with Gasteiger partial charge in [-0.15, -0.1) is 0 Å². The highest BCUT2D eigenvalue weighted by molar-refractivity contribution is 6.31. The van der Waals surface area contributed by atoms with E-state index in [9.17, 15) is 19.7 Å². The molecule has 1 N–H and O–H groups in total. The summed E-state index contributed by atoms with van der Waals surface area (Å²) in [6.07, 6.45) is 1.53. The van der Waals surface area contributed by atoms with Crippen molar-refractivity contribution in [2.75, 3.05) is 6.61 Å². The maximum atomic E-state index is 12.1. The Kier molecular flexibility index (Phi) is 7.31. The molecule has 0 aliphatic carbocycles. The molecule has 0 aliphatic rings. The van der Waals surface area contributed by atoms with E-state index in [1.54, 1.807) is 0 Å². The number of halogens is 1. The molecule has 8 heteroatoms. The molecule has 0 aliphatic heterocycles. The second-order valence-electron chi connectivity index (χ2n) is 5.99. The standard InChI is InChI=1S/C19H19ClN2O5/c1-13(7-8-14-5-3-2-4-6-14)21-18(23)12-27-19(24)16-11-15(20)9-10-17(16)22(25)26/h2-6,9-11,13H,7-8,12H2,1H3,(H,21,23)/t13-/m1/s1. The molecule has 0 aromatic heterocycles. The molecular formula is C19H19ClN2O5. The molecule has 0 bridgehead atoms. The van der Waals surface area contributed by atoms with Gasteiger partial charge >= 0.3 is 5.97 Å². The van der Waals surface area contributed by atoms with Crippen LogP contribution in [0.5, 0.6) is 0 Å². The van der Waals surface area contributed by atoms with Crippen LogP contribution in [0.25, 0.3) is 0 Å². The lowest BCUT2D eigenvalue weighted by Crippen LogP contribution is -2.36. The second-order valence-corrected chi connectivity index (χ2v) is 6.42. The van der Waals surface area contributed by atoms with Crippen LogP contribution in [-0.2, 0) is 16.0 Å². The predicted octanol–water partition coefficient (Wildman–Crippen LogP) is 3.54. The third kappa shape index (κ3) is 6.38. The largest absolute Gasteiger partial charge is 0.452 e. The monoisotopic (exact) mass is 390 g/mol. The Labute approximate surface area is 161 Å². The van der Waals surface area contributed by atoms with Crippen molar-refractivity contribution < 1.29 is 19.2 Å². The summed E-state index contributed by atoms with van der Waals surface area (Å²) in [5.41, 5.74) is 0.441. The summed E-state index contributed by atoms with van der Waals surface area (Å²) in [7, 11) is 0. The molecule has 1 atom stereocenters. The van der Waals surface area contributed by atoms with Crippen LogP contribution < -0.4 is 5.32 Å². The van der Waals surface area contributed by atoms with E-state index in [-0.39, 0.29) is 16.6 Å². The molecule has 7 nitrogen and oxygen atoms in total. The SMILES string of the molecule is C[C@H](CCc1ccccc1)NC(=O)COC(=O)c1cc(Cl)ccc1[N+](=O)[O-]. The Bertz CT molecular complexity index is 826. The van der Waals surface area contributed by atoms with E-state index in [0.717, 1.165) is 25.0 Å². The first-order chi connectivity index (χ1) is 12.9. The van der Waals surface area contributed by atoms with Crippen molar-refractivity contribution in [1.29, 1.82) is 0 Å². The number of carbonyl (C=O) groups excluding carboxylic acids is 2. The molecule has 142 valence electrons. The Morgan fingerprint density at radius 1 is 1.22 bits per heavy atom. The maximum Gasteiger partial charge on any atom is 0.345 e. The first kappa shape index (κ1) is 20.4. The van der Waals surface area contributed by atoms with Gasteiger partial charge in [-0.05, 0) is 37.5 Å². The predicted molar refractivity (Wildman–Crippen MR) is 101 cm³/mol. The fraction of sp³-hybridized carbons (Fsp3) is 0.263. The molecule has 0 heterocycles. The van der Waals surface area contributed by atoms with Crippen molar-refractivity contribution in [1.82, 2.24) is 5.32 Å². The Morgan fingerprint density at radius 2 is 1.93 bits per heavy atom. The van der Waals surface area contributed by atoms with Gasteiger partial charge in [0.2, 0.25) is 0 Å². The number of nitro benzene ring substituents is 1. The zero-order valence-corrected chi connectivity index (χ0v) is 15.4. The Hall–Kier alpha value is -2.93. The summed E-state index contributed by atoms with van der Waals surface area (Å²) < 4.78 is 4.89. The number of carbonyl (C=O) groups is 2. The van der Waals surface area contributed by atoms with E-state index < -0.39 is 29.1 Å². The second kappa shape index (κ2) is 9.68. The van der Waals surface area contributed by atoms with Gasteiger partial charge in [0.1, 0.15) is 5.56 Å².